The van der Waals surface area contributed by atoms with Gasteiger partial charge in [-0.05, 0) is 95.4 Å². The van der Waals surface area contributed by atoms with Crippen molar-refractivity contribution >= 4 is 38.8 Å². The van der Waals surface area contributed by atoms with Crippen LogP contribution in [0.15, 0.2) is 200 Å². The summed E-state index contributed by atoms with van der Waals surface area (Å²) >= 11 is 0. The number of rotatable bonds is 6. The number of benzene rings is 7. The van der Waals surface area contributed by atoms with Gasteiger partial charge < -0.3 is 9.13 Å². The molecule has 1 atom stereocenters. The third-order valence-electron chi connectivity index (χ3n) is 11.5. The van der Waals surface area contributed by atoms with Gasteiger partial charge in [-0.25, -0.2) is 4.98 Å². The van der Waals surface area contributed by atoms with Crippen molar-refractivity contribution in [3.05, 3.63) is 217 Å². The first-order chi connectivity index (χ1) is 27.8. The van der Waals surface area contributed by atoms with E-state index in [9.17, 15) is 0 Å². The van der Waals surface area contributed by atoms with Crippen LogP contribution in [-0.2, 0) is 6.42 Å². The molecule has 0 spiro atoms. The maximum atomic E-state index is 5.13. The summed E-state index contributed by atoms with van der Waals surface area (Å²) in [5.41, 5.74) is 16.5. The third-order valence-corrected chi connectivity index (χ3v) is 11.5. The van der Waals surface area contributed by atoms with Crippen molar-refractivity contribution in [3.8, 4) is 45.0 Å². The standard InChI is InChI=1S/C53H37N3/c1-4-15-36(16-5-1)48-34-41(35-49(54-48)37-17-6-2-7-18-37)38-19-14-22-43(31-38)56-51-26-13-11-24-45(51)47-33-40(28-30-53(47)56)39-27-29-52-46(32-39)44-23-10-12-25-50(44)55(52)42-20-8-3-9-21-42/h1-32,34-35,40H,33H2. The van der Waals surface area contributed by atoms with Crippen LogP contribution in [0, 0.1) is 0 Å². The minimum atomic E-state index is 0.265. The Kier molecular flexibility index (Phi) is 7.63. The summed E-state index contributed by atoms with van der Waals surface area (Å²) in [6, 6.07) is 69.9. The average molecular weight is 716 g/mol. The van der Waals surface area contributed by atoms with Gasteiger partial charge in [-0.3, -0.25) is 0 Å². The van der Waals surface area contributed by atoms with Crippen molar-refractivity contribution in [1.82, 2.24) is 14.1 Å². The Morgan fingerprint density at radius 1 is 0.411 bits per heavy atom. The first-order valence-electron chi connectivity index (χ1n) is 19.4. The molecule has 3 aromatic heterocycles. The minimum absolute atomic E-state index is 0.265. The van der Waals surface area contributed by atoms with Gasteiger partial charge in [-0.2, -0.15) is 0 Å². The summed E-state index contributed by atoms with van der Waals surface area (Å²) in [7, 11) is 0. The Labute approximate surface area is 326 Å². The Balaban J connectivity index is 1.00. The normalized spacial score (nSPS) is 13.8. The van der Waals surface area contributed by atoms with Crippen LogP contribution in [-0.4, -0.2) is 14.1 Å². The number of allylic oxidation sites excluding steroid dienone is 1. The van der Waals surface area contributed by atoms with Gasteiger partial charge in [0, 0.05) is 50.3 Å². The molecule has 264 valence electrons. The lowest BCUT2D eigenvalue weighted by Gasteiger charge is -2.20. The van der Waals surface area contributed by atoms with Crippen molar-refractivity contribution in [2.45, 2.75) is 12.3 Å². The first kappa shape index (κ1) is 32.2. The van der Waals surface area contributed by atoms with E-state index in [4.69, 9.17) is 4.98 Å². The van der Waals surface area contributed by atoms with Crippen molar-refractivity contribution < 1.29 is 0 Å². The molecule has 0 fully saturated rings. The summed E-state index contributed by atoms with van der Waals surface area (Å²) in [6.07, 6.45) is 5.72. The Morgan fingerprint density at radius 3 is 1.70 bits per heavy atom. The maximum Gasteiger partial charge on any atom is 0.0715 e. The highest BCUT2D eigenvalue weighted by Gasteiger charge is 2.25. The first-order valence-corrected chi connectivity index (χ1v) is 19.4. The number of para-hydroxylation sites is 3. The third kappa shape index (κ3) is 5.39. The molecule has 3 nitrogen and oxygen atoms in total. The molecule has 1 aliphatic rings. The van der Waals surface area contributed by atoms with E-state index in [1.54, 1.807) is 0 Å². The molecule has 0 saturated carbocycles. The van der Waals surface area contributed by atoms with Crippen LogP contribution in [0.1, 0.15) is 22.7 Å². The van der Waals surface area contributed by atoms with E-state index in [2.05, 4.69) is 215 Å². The molecule has 1 aliphatic carbocycles. The number of nitrogens with zero attached hydrogens (tertiary/aromatic N) is 3. The lowest BCUT2D eigenvalue weighted by atomic mass is 9.86. The van der Waals surface area contributed by atoms with Crippen molar-refractivity contribution in [1.29, 1.82) is 0 Å². The molecule has 0 N–H and O–H groups in total. The topological polar surface area (TPSA) is 22.8 Å². The molecule has 56 heavy (non-hydrogen) atoms. The zero-order valence-electron chi connectivity index (χ0n) is 30.8. The Bertz CT molecular complexity index is 3040. The highest BCUT2D eigenvalue weighted by molar-refractivity contribution is 6.09. The smallest absolute Gasteiger partial charge is 0.0715 e. The molecular weight excluding hydrogens is 679 g/mol. The fourth-order valence-electron chi connectivity index (χ4n) is 8.83. The van der Waals surface area contributed by atoms with E-state index in [0.717, 1.165) is 45.7 Å². The van der Waals surface area contributed by atoms with Gasteiger partial charge in [0.05, 0.1) is 27.9 Å². The van der Waals surface area contributed by atoms with E-state index in [-0.39, 0.29) is 5.92 Å². The monoisotopic (exact) mass is 715 g/mol. The van der Waals surface area contributed by atoms with Crippen LogP contribution in [0.25, 0.3) is 83.8 Å². The number of hydrogen-bond acceptors (Lipinski definition) is 1. The summed E-state index contributed by atoms with van der Waals surface area (Å²) in [4.78, 5) is 5.13. The molecule has 0 amide bonds. The molecule has 0 aliphatic heterocycles. The predicted molar refractivity (Wildman–Crippen MR) is 234 cm³/mol. The largest absolute Gasteiger partial charge is 0.310 e. The quantitative estimate of drug-likeness (QED) is 0.168. The Hall–Kier alpha value is -7.23. The highest BCUT2D eigenvalue weighted by atomic mass is 15.0. The number of pyridine rings is 1. The fraction of sp³-hybridized carbons (Fsp3) is 0.0377. The number of fused-ring (bicyclic) bond motifs is 6. The van der Waals surface area contributed by atoms with Gasteiger partial charge in [0.1, 0.15) is 0 Å². The van der Waals surface area contributed by atoms with Crippen molar-refractivity contribution in [2.24, 2.45) is 0 Å². The van der Waals surface area contributed by atoms with Gasteiger partial charge in [-0.1, -0.05) is 140 Å². The number of aromatic nitrogens is 3. The van der Waals surface area contributed by atoms with Gasteiger partial charge in [0.15, 0.2) is 0 Å². The zero-order chi connectivity index (χ0) is 37.0. The van der Waals surface area contributed by atoms with Crippen LogP contribution in [0.2, 0.25) is 0 Å². The molecule has 3 heteroatoms. The van der Waals surface area contributed by atoms with E-state index >= 15 is 0 Å². The molecule has 0 saturated heterocycles. The summed E-state index contributed by atoms with van der Waals surface area (Å²) in [6.45, 7) is 0. The van der Waals surface area contributed by atoms with E-state index in [0.29, 0.717) is 0 Å². The van der Waals surface area contributed by atoms with Gasteiger partial charge in [-0.15, -0.1) is 0 Å². The molecular formula is C53H37N3. The lowest BCUT2D eigenvalue weighted by molar-refractivity contribution is 0.826. The SMILES string of the molecule is C1=CC(c2ccc3c(c2)c2ccccc2n3-c2ccccc2)Cc2c1n(-c1cccc(-c3cc(-c4ccccc4)nc(-c4ccccc4)c3)c1)c1ccccc21. The second-order valence-corrected chi connectivity index (χ2v) is 14.8. The molecule has 0 bridgehead atoms. The summed E-state index contributed by atoms with van der Waals surface area (Å²) in [5, 5.41) is 3.89. The minimum Gasteiger partial charge on any atom is -0.310 e. The molecule has 11 rings (SSSR count). The molecule has 0 radical (unpaired) electrons. The van der Waals surface area contributed by atoms with Crippen LogP contribution in [0.5, 0.6) is 0 Å². The lowest BCUT2D eigenvalue weighted by Crippen LogP contribution is -2.07. The van der Waals surface area contributed by atoms with Crippen molar-refractivity contribution in [3.63, 3.8) is 0 Å². The molecule has 3 heterocycles. The molecule has 7 aromatic carbocycles. The van der Waals surface area contributed by atoms with Gasteiger partial charge in [0.2, 0.25) is 0 Å². The van der Waals surface area contributed by atoms with E-state index < -0.39 is 0 Å². The van der Waals surface area contributed by atoms with Crippen LogP contribution in [0.4, 0.5) is 0 Å². The summed E-state index contributed by atoms with van der Waals surface area (Å²) < 4.78 is 4.84. The Morgan fingerprint density at radius 2 is 0.982 bits per heavy atom. The van der Waals surface area contributed by atoms with Gasteiger partial charge >= 0.3 is 0 Å². The van der Waals surface area contributed by atoms with E-state index in [1.807, 2.05) is 0 Å². The average Bonchev–Trinajstić information content (AvgIpc) is 3.79. The summed E-state index contributed by atoms with van der Waals surface area (Å²) in [5.74, 6) is 0.265. The second-order valence-electron chi connectivity index (χ2n) is 14.8. The molecule has 10 aromatic rings. The van der Waals surface area contributed by atoms with Crippen LogP contribution < -0.4 is 0 Å². The highest BCUT2D eigenvalue weighted by Crippen LogP contribution is 2.41. The zero-order valence-corrected chi connectivity index (χ0v) is 30.8. The fourth-order valence-corrected chi connectivity index (χ4v) is 8.83. The van der Waals surface area contributed by atoms with E-state index in [1.165, 1.54) is 55.2 Å². The second kappa shape index (κ2) is 13.3. The maximum absolute atomic E-state index is 5.13. The predicted octanol–water partition coefficient (Wildman–Crippen LogP) is 13.5. The molecule has 1 unspecified atom stereocenters. The number of hydrogen-bond donors (Lipinski definition) is 0. The van der Waals surface area contributed by atoms with Crippen LogP contribution in [0.3, 0.4) is 0 Å². The van der Waals surface area contributed by atoms with Crippen molar-refractivity contribution in [2.75, 3.05) is 0 Å². The van der Waals surface area contributed by atoms with Gasteiger partial charge in [0.25, 0.3) is 0 Å². The van der Waals surface area contributed by atoms with Crippen LogP contribution >= 0.6 is 0 Å².